The van der Waals surface area contributed by atoms with E-state index in [1.165, 1.54) is 5.57 Å². The van der Waals surface area contributed by atoms with Crippen molar-refractivity contribution in [2.75, 3.05) is 24.3 Å². The number of ether oxygens (including phenoxy) is 1. The van der Waals surface area contributed by atoms with Gasteiger partial charge in [0.15, 0.2) is 0 Å². The Morgan fingerprint density at radius 3 is 3.04 bits per heavy atom. The minimum atomic E-state index is -0.117. The number of nitrogens with one attached hydrogen (secondary N) is 1. The van der Waals surface area contributed by atoms with Gasteiger partial charge in [-0.2, -0.15) is 4.99 Å². The highest BCUT2D eigenvalue weighted by Crippen LogP contribution is 2.47. The van der Waals surface area contributed by atoms with Crippen LogP contribution in [0.25, 0.3) is 0 Å². The van der Waals surface area contributed by atoms with Crippen LogP contribution < -0.4 is 16.0 Å². The number of rotatable bonds is 1. The van der Waals surface area contributed by atoms with E-state index in [2.05, 4.69) is 40.2 Å². The summed E-state index contributed by atoms with van der Waals surface area (Å²) < 4.78 is 6.03. The zero-order valence-electron chi connectivity index (χ0n) is 14.9. The molecule has 25 heavy (non-hydrogen) atoms. The molecular formula is C18H24N6O. The molecule has 7 heteroatoms. The summed E-state index contributed by atoms with van der Waals surface area (Å²) in [4.78, 5) is 15.8. The quantitative estimate of drug-likeness (QED) is 0.815. The van der Waals surface area contributed by atoms with Gasteiger partial charge in [0.2, 0.25) is 5.96 Å². The standard InChI is InChI=1S/C18H24N6O/c1-11-7-13-18(2,10-25-11)12-8-16(23-17(20-3)21-9-12)24(13)15-6-4-5-14(19)22-15/h4-6,9,11,13H,7-8,10H2,1-3H3,(H2,19,22)(H,20,21)/t11?,13-,18-/m1/s1. The first kappa shape index (κ1) is 16.1. The number of aliphatic imine (C=N–C) groups is 2. The lowest BCUT2D eigenvalue weighted by atomic mass is 9.68. The molecule has 7 nitrogen and oxygen atoms in total. The van der Waals surface area contributed by atoms with Crippen molar-refractivity contribution in [1.82, 2.24) is 10.3 Å². The number of pyridine rings is 1. The minimum Gasteiger partial charge on any atom is -0.384 e. The molecule has 2 fully saturated rings. The maximum atomic E-state index is 6.03. The Kier molecular flexibility index (Phi) is 3.76. The van der Waals surface area contributed by atoms with Crippen molar-refractivity contribution in [2.24, 2.45) is 15.4 Å². The summed E-state index contributed by atoms with van der Waals surface area (Å²) in [5, 5.41) is 3.23. The monoisotopic (exact) mass is 340 g/mol. The van der Waals surface area contributed by atoms with Crippen LogP contribution in [-0.4, -0.2) is 42.6 Å². The highest BCUT2D eigenvalue weighted by atomic mass is 16.5. The number of anilines is 2. The van der Waals surface area contributed by atoms with E-state index in [0.29, 0.717) is 18.4 Å². The molecule has 1 unspecified atom stereocenters. The maximum absolute atomic E-state index is 6.03. The Morgan fingerprint density at radius 1 is 1.44 bits per heavy atom. The SMILES string of the molecule is CN=C1N=C2CC(=CN1)[C@@]1(C)COC(C)C[C@H]1N2c1cccc(N)n1. The molecule has 1 aromatic rings. The van der Waals surface area contributed by atoms with Crippen molar-refractivity contribution in [1.29, 1.82) is 0 Å². The average Bonchev–Trinajstić information content (AvgIpc) is 2.79. The third-order valence-corrected chi connectivity index (χ3v) is 5.46. The molecule has 3 aliphatic heterocycles. The van der Waals surface area contributed by atoms with Crippen LogP contribution in [0.5, 0.6) is 0 Å². The number of nitrogens with two attached hydrogens (primary N) is 1. The summed E-state index contributed by atoms with van der Waals surface area (Å²) in [6, 6.07) is 5.95. The molecule has 0 aliphatic carbocycles. The first-order valence-electron chi connectivity index (χ1n) is 8.65. The Morgan fingerprint density at radius 2 is 2.28 bits per heavy atom. The van der Waals surface area contributed by atoms with Crippen LogP contribution in [0.3, 0.4) is 0 Å². The number of fused-ring (bicyclic) bond motifs is 4. The van der Waals surface area contributed by atoms with Gasteiger partial charge < -0.3 is 20.7 Å². The van der Waals surface area contributed by atoms with E-state index >= 15 is 0 Å². The molecule has 132 valence electrons. The third kappa shape index (κ3) is 2.59. The van der Waals surface area contributed by atoms with Gasteiger partial charge in [0.25, 0.3) is 0 Å². The lowest BCUT2D eigenvalue weighted by molar-refractivity contribution is -0.0455. The Hall–Kier alpha value is -2.41. The third-order valence-electron chi connectivity index (χ3n) is 5.46. The van der Waals surface area contributed by atoms with Crippen LogP contribution in [0.2, 0.25) is 0 Å². The van der Waals surface area contributed by atoms with E-state index in [9.17, 15) is 0 Å². The second-order valence-electron chi connectivity index (χ2n) is 7.15. The molecule has 0 aromatic carbocycles. The smallest absolute Gasteiger partial charge is 0.223 e. The fraction of sp³-hybridized carbons (Fsp3) is 0.500. The summed E-state index contributed by atoms with van der Waals surface area (Å²) in [5.74, 6) is 2.90. The molecule has 3 N–H and O–H groups in total. The van der Waals surface area contributed by atoms with E-state index in [1.807, 2.05) is 12.1 Å². The second kappa shape index (κ2) is 5.84. The number of nitrogens with zero attached hydrogens (tertiary/aromatic N) is 4. The van der Waals surface area contributed by atoms with Crippen molar-refractivity contribution in [2.45, 2.75) is 38.8 Å². The average molecular weight is 340 g/mol. The molecule has 0 saturated carbocycles. The molecule has 0 radical (unpaired) electrons. The number of amidine groups is 1. The van der Waals surface area contributed by atoms with Crippen LogP contribution in [0.15, 0.2) is 40.0 Å². The van der Waals surface area contributed by atoms with Crippen molar-refractivity contribution in [3.05, 3.63) is 30.0 Å². The fourth-order valence-corrected chi connectivity index (χ4v) is 3.98. The fourth-order valence-electron chi connectivity index (χ4n) is 3.98. The summed E-state index contributed by atoms with van der Waals surface area (Å²) in [7, 11) is 1.74. The van der Waals surface area contributed by atoms with Gasteiger partial charge in [-0.1, -0.05) is 13.0 Å². The number of hydrogen-bond acceptors (Lipinski definition) is 5. The normalized spacial score (nSPS) is 33.1. The molecular weight excluding hydrogens is 316 g/mol. The summed E-state index contributed by atoms with van der Waals surface area (Å²) in [5.41, 5.74) is 7.13. The van der Waals surface area contributed by atoms with Crippen LogP contribution in [0.4, 0.5) is 11.6 Å². The van der Waals surface area contributed by atoms with Crippen LogP contribution in [0, 0.1) is 5.41 Å². The maximum Gasteiger partial charge on any atom is 0.223 e. The van der Waals surface area contributed by atoms with Gasteiger partial charge in [-0.15, -0.1) is 0 Å². The predicted octanol–water partition coefficient (Wildman–Crippen LogP) is 1.93. The molecule has 1 aromatic heterocycles. The molecule has 3 atom stereocenters. The van der Waals surface area contributed by atoms with Gasteiger partial charge in [-0.05, 0) is 31.1 Å². The molecule has 3 aliphatic rings. The molecule has 0 amide bonds. The van der Waals surface area contributed by atoms with Gasteiger partial charge in [0.05, 0.1) is 18.8 Å². The largest absolute Gasteiger partial charge is 0.384 e. The van der Waals surface area contributed by atoms with Crippen molar-refractivity contribution < 1.29 is 4.74 Å². The topological polar surface area (TPSA) is 88.1 Å². The lowest BCUT2D eigenvalue weighted by Gasteiger charge is -2.53. The number of hydrogen-bond donors (Lipinski definition) is 2. The predicted molar refractivity (Wildman–Crippen MR) is 99.7 cm³/mol. The van der Waals surface area contributed by atoms with E-state index in [4.69, 9.17) is 15.5 Å². The van der Waals surface area contributed by atoms with E-state index < -0.39 is 0 Å². The van der Waals surface area contributed by atoms with Crippen molar-refractivity contribution >= 4 is 23.4 Å². The number of piperidine rings is 1. The van der Waals surface area contributed by atoms with Gasteiger partial charge in [-0.25, -0.2) is 4.98 Å². The minimum absolute atomic E-state index is 0.117. The Bertz CT molecular complexity index is 786. The highest BCUT2D eigenvalue weighted by molar-refractivity contribution is 6.08. The first-order valence-corrected chi connectivity index (χ1v) is 8.65. The number of nitrogen functional groups attached to an aromatic ring is 1. The number of aromatic nitrogens is 1. The van der Waals surface area contributed by atoms with Gasteiger partial charge in [0.1, 0.15) is 17.5 Å². The molecule has 2 saturated heterocycles. The van der Waals surface area contributed by atoms with E-state index in [0.717, 1.165) is 24.5 Å². The molecule has 4 rings (SSSR count). The molecule has 0 spiro atoms. The first-order chi connectivity index (χ1) is 12.0. The van der Waals surface area contributed by atoms with Crippen LogP contribution in [-0.2, 0) is 4.74 Å². The van der Waals surface area contributed by atoms with Crippen molar-refractivity contribution in [3.8, 4) is 0 Å². The van der Waals surface area contributed by atoms with E-state index in [1.54, 1.807) is 13.1 Å². The Balaban J connectivity index is 1.89. The Labute approximate surface area is 147 Å². The summed E-state index contributed by atoms with van der Waals surface area (Å²) >= 11 is 0. The van der Waals surface area contributed by atoms with Crippen LogP contribution in [0.1, 0.15) is 26.7 Å². The van der Waals surface area contributed by atoms with E-state index in [-0.39, 0.29) is 17.6 Å². The molecule has 2 bridgehead atoms. The molecule has 4 heterocycles. The summed E-state index contributed by atoms with van der Waals surface area (Å²) in [6.45, 7) is 5.06. The van der Waals surface area contributed by atoms with Crippen LogP contribution >= 0.6 is 0 Å². The number of guanidine groups is 1. The van der Waals surface area contributed by atoms with Crippen molar-refractivity contribution in [3.63, 3.8) is 0 Å². The lowest BCUT2D eigenvalue weighted by Crippen LogP contribution is -2.60. The zero-order chi connectivity index (χ0) is 17.6. The zero-order valence-corrected chi connectivity index (χ0v) is 14.9. The van der Waals surface area contributed by atoms with Gasteiger partial charge in [0, 0.05) is 25.1 Å². The summed E-state index contributed by atoms with van der Waals surface area (Å²) in [6.07, 6.45) is 3.89. The van der Waals surface area contributed by atoms with Gasteiger partial charge >= 0.3 is 0 Å². The second-order valence-corrected chi connectivity index (χ2v) is 7.15. The highest BCUT2D eigenvalue weighted by Gasteiger charge is 2.51. The van der Waals surface area contributed by atoms with Gasteiger partial charge in [-0.3, -0.25) is 4.99 Å².